The van der Waals surface area contributed by atoms with Crippen LogP contribution in [0.5, 0.6) is 0 Å². The summed E-state index contributed by atoms with van der Waals surface area (Å²) in [7, 11) is 0. The maximum absolute atomic E-state index is 9.32. The lowest BCUT2D eigenvalue weighted by atomic mass is 10.6. The maximum Gasteiger partial charge on any atom is 0.142 e. The summed E-state index contributed by atoms with van der Waals surface area (Å²) in [5.74, 6) is 0. The van der Waals surface area contributed by atoms with Crippen LogP contribution in [0.25, 0.3) is 0 Å². The van der Waals surface area contributed by atoms with Gasteiger partial charge in [0.25, 0.3) is 0 Å². The van der Waals surface area contributed by atoms with Crippen molar-refractivity contribution in [3.05, 3.63) is 36.8 Å². The van der Waals surface area contributed by atoms with Crippen LogP contribution in [0.1, 0.15) is 6.92 Å². The average molecular weight is 138 g/mol. The molecule has 1 aromatic rings. The van der Waals surface area contributed by atoms with Gasteiger partial charge in [-0.3, -0.25) is 4.79 Å². The zero-order chi connectivity index (χ0) is 7.66. The standard InChI is InChI=1S/C4H4O.C4H6O/c1-2-4-5-3-1;1-2-3-4-5/h1-4H;2-4H,1H3. The first kappa shape index (κ1) is 8.69. The molecule has 0 saturated heterocycles. The molecule has 1 aromatic heterocycles. The van der Waals surface area contributed by atoms with Crippen LogP contribution in [-0.2, 0) is 4.79 Å². The lowest BCUT2D eigenvalue weighted by Gasteiger charge is -1.51. The average Bonchev–Trinajstić information content (AvgIpc) is 2.44. The Morgan fingerprint density at radius 3 is 2.00 bits per heavy atom. The van der Waals surface area contributed by atoms with E-state index >= 15 is 0 Å². The molecule has 2 nitrogen and oxygen atoms in total. The van der Waals surface area contributed by atoms with Gasteiger partial charge in [-0.15, -0.1) is 0 Å². The van der Waals surface area contributed by atoms with Gasteiger partial charge in [-0.25, -0.2) is 0 Å². The molecule has 1 heterocycles. The Morgan fingerprint density at radius 2 is 1.90 bits per heavy atom. The quantitative estimate of drug-likeness (QED) is 0.439. The van der Waals surface area contributed by atoms with Crippen molar-refractivity contribution in [2.24, 2.45) is 0 Å². The normalized spacial score (nSPS) is 8.50. The zero-order valence-corrected chi connectivity index (χ0v) is 5.86. The van der Waals surface area contributed by atoms with E-state index in [4.69, 9.17) is 0 Å². The molecule has 0 bridgehead atoms. The number of hydrogen-bond acceptors (Lipinski definition) is 2. The van der Waals surface area contributed by atoms with Gasteiger partial charge in [-0.05, 0) is 25.1 Å². The summed E-state index contributed by atoms with van der Waals surface area (Å²) in [5.41, 5.74) is 0. The van der Waals surface area contributed by atoms with Gasteiger partial charge in [0.1, 0.15) is 6.29 Å². The number of furan rings is 1. The van der Waals surface area contributed by atoms with Gasteiger partial charge in [-0.2, -0.15) is 0 Å². The molecule has 54 valence electrons. The van der Waals surface area contributed by atoms with Crippen LogP contribution in [0.2, 0.25) is 0 Å². The van der Waals surface area contributed by atoms with Crippen molar-refractivity contribution in [2.75, 3.05) is 0 Å². The molecule has 0 aliphatic heterocycles. The second-order valence-electron chi connectivity index (χ2n) is 1.46. The van der Waals surface area contributed by atoms with Gasteiger partial charge in [0, 0.05) is 0 Å². The predicted molar refractivity (Wildman–Crippen MR) is 39.6 cm³/mol. The highest BCUT2D eigenvalue weighted by molar-refractivity contribution is 5.64. The zero-order valence-electron chi connectivity index (χ0n) is 5.86. The summed E-state index contributed by atoms with van der Waals surface area (Å²) in [6.45, 7) is 1.80. The van der Waals surface area contributed by atoms with Gasteiger partial charge in [-0.1, -0.05) is 6.08 Å². The number of carbonyl (C=O) groups is 1. The first-order chi connectivity index (χ1) is 4.91. The van der Waals surface area contributed by atoms with Gasteiger partial charge < -0.3 is 4.42 Å². The van der Waals surface area contributed by atoms with Gasteiger partial charge in [0.15, 0.2) is 0 Å². The van der Waals surface area contributed by atoms with Crippen LogP contribution >= 0.6 is 0 Å². The fourth-order valence-corrected chi connectivity index (χ4v) is 0.305. The van der Waals surface area contributed by atoms with Crippen LogP contribution in [-0.4, -0.2) is 6.29 Å². The Morgan fingerprint density at radius 1 is 1.30 bits per heavy atom. The molecule has 0 unspecified atom stereocenters. The summed E-state index contributed by atoms with van der Waals surface area (Å²) in [6.07, 6.45) is 7.13. The lowest BCUT2D eigenvalue weighted by Crippen LogP contribution is -1.50. The highest BCUT2D eigenvalue weighted by Gasteiger charge is 1.58. The maximum atomic E-state index is 9.32. The van der Waals surface area contributed by atoms with E-state index in [0.717, 1.165) is 6.29 Å². The van der Waals surface area contributed by atoms with Gasteiger partial charge in [0.05, 0.1) is 12.5 Å². The Hall–Kier alpha value is -1.31. The van der Waals surface area contributed by atoms with Gasteiger partial charge >= 0.3 is 0 Å². The predicted octanol–water partition coefficient (Wildman–Crippen LogP) is 2.04. The van der Waals surface area contributed by atoms with E-state index in [9.17, 15) is 4.79 Å². The van der Waals surface area contributed by atoms with Crippen molar-refractivity contribution < 1.29 is 9.21 Å². The number of carbonyl (C=O) groups excluding carboxylic acids is 1. The van der Waals surface area contributed by atoms with Crippen LogP contribution < -0.4 is 0 Å². The minimum absolute atomic E-state index is 0.750. The third-order valence-corrected chi connectivity index (χ3v) is 0.696. The molecule has 0 aliphatic carbocycles. The van der Waals surface area contributed by atoms with Crippen molar-refractivity contribution in [1.82, 2.24) is 0 Å². The van der Waals surface area contributed by atoms with Crippen LogP contribution in [0.3, 0.4) is 0 Å². The minimum Gasteiger partial charge on any atom is -0.473 e. The van der Waals surface area contributed by atoms with Crippen LogP contribution in [0, 0.1) is 0 Å². The monoisotopic (exact) mass is 138 g/mol. The molecule has 1 rings (SSSR count). The third-order valence-electron chi connectivity index (χ3n) is 0.696. The Bertz CT molecular complexity index is 146. The number of aldehydes is 1. The first-order valence-corrected chi connectivity index (χ1v) is 2.95. The fraction of sp³-hybridized carbons (Fsp3) is 0.125. The molecular formula is C8H10O2. The van der Waals surface area contributed by atoms with E-state index in [1.807, 2.05) is 12.1 Å². The van der Waals surface area contributed by atoms with E-state index in [2.05, 4.69) is 4.42 Å². The number of allylic oxidation sites excluding steroid dienone is 2. The molecule has 0 aromatic carbocycles. The molecule has 0 atom stereocenters. The molecule has 10 heavy (non-hydrogen) atoms. The Balaban J connectivity index is 0.000000162. The topological polar surface area (TPSA) is 30.2 Å². The van der Waals surface area contributed by atoms with E-state index < -0.39 is 0 Å². The molecular weight excluding hydrogens is 128 g/mol. The van der Waals surface area contributed by atoms with Crippen molar-refractivity contribution in [3.63, 3.8) is 0 Å². The first-order valence-electron chi connectivity index (χ1n) is 2.95. The summed E-state index contributed by atoms with van der Waals surface area (Å²) in [4.78, 5) is 9.32. The summed E-state index contributed by atoms with van der Waals surface area (Å²) >= 11 is 0. The highest BCUT2D eigenvalue weighted by Crippen LogP contribution is 1.79. The lowest BCUT2D eigenvalue weighted by molar-refractivity contribution is -0.104. The van der Waals surface area contributed by atoms with E-state index in [1.165, 1.54) is 6.08 Å². The highest BCUT2D eigenvalue weighted by atomic mass is 16.3. The Labute approximate surface area is 60.2 Å². The fourth-order valence-electron chi connectivity index (χ4n) is 0.305. The van der Waals surface area contributed by atoms with Crippen LogP contribution in [0.4, 0.5) is 0 Å². The second kappa shape index (κ2) is 7.69. The summed E-state index contributed by atoms with van der Waals surface area (Å²) in [5, 5.41) is 0. The van der Waals surface area contributed by atoms with Crippen molar-refractivity contribution in [1.29, 1.82) is 0 Å². The number of hydrogen-bond donors (Lipinski definition) is 0. The van der Waals surface area contributed by atoms with Crippen molar-refractivity contribution in [3.8, 4) is 0 Å². The van der Waals surface area contributed by atoms with Crippen molar-refractivity contribution in [2.45, 2.75) is 6.92 Å². The van der Waals surface area contributed by atoms with E-state index in [0.29, 0.717) is 0 Å². The largest absolute Gasteiger partial charge is 0.473 e. The number of rotatable bonds is 1. The molecule has 2 heteroatoms. The third kappa shape index (κ3) is 6.69. The second-order valence-corrected chi connectivity index (χ2v) is 1.46. The molecule has 0 saturated carbocycles. The Kier molecular flexibility index (Phi) is 6.68. The molecule has 0 amide bonds. The van der Waals surface area contributed by atoms with Crippen LogP contribution in [0.15, 0.2) is 41.2 Å². The summed E-state index contributed by atoms with van der Waals surface area (Å²) in [6, 6.07) is 3.67. The smallest absolute Gasteiger partial charge is 0.142 e. The molecule has 0 radical (unpaired) electrons. The molecule has 0 spiro atoms. The van der Waals surface area contributed by atoms with E-state index in [-0.39, 0.29) is 0 Å². The molecule has 0 fully saturated rings. The van der Waals surface area contributed by atoms with Gasteiger partial charge in [0.2, 0.25) is 0 Å². The molecule has 0 aliphatic rings. The van der Waals surface area contributed by atoms with E-state index in [1.54, 1.807) is 25.5 Å². The molecule has 0 N–H and O–H groups in total. The summed E-state index contributed by atoms with van der Waals surface area (Å²) < 4.78 is 4.58. The minimum atomic E-state index is 0.750. The SMILES string of the molecule is CC=CC=O.c1ccoc1. The van der Waals surface area contributed by atoms with Crippen molar-refractivity contribution >= 4 is 6.29 Å².